The molecule has 0 radical (unpaired) electrons. The van der Waals surface area contributed by atoms with E-state index in [1.165, 1.54) is 0 Å². The summed E-state index contributed by atoms with van der Waals surface area (Å²) in [7, 11) is 0. The van der Waals surface area contributed by atoms with E-state index < -0.39 is 5.63 Å². The molecule has 2 aromatic rings. The van der Waals surface area contributed by atoms with Crippen molar-refractivity contribution in [3.63, 3.8) is 0 Å². The highest BCUT2D eigenvalue weighted by atomic mass is 16.4. The Bertz CT molecular complexity index is 736. The van der Waals surface area contributed by atoms with Crippen molar-refractivity contribution in [3.05, 3.63) is 46.3 Å². The molecule has 0 aliphatic carbocycles. The summed E-state index contributed by atoms with van der Waals surface area (Å²) in [4.78, 5) is 26.5. The largest absolute Gasteiger partial charge is 0.422 e. The van der Waals surface area contributed by atoms with E-state index >= 15 is 0 Å². The van der Waals surface area contributed by atoms with Gasteiger partial charge in [-0.1, -0.05) is 18.2 Å². The maximum atomic E-state index is 12.6. The monoisotopic (exact) mass is 300 g/mol. The topological polar surface area (TPSA) is 76.5 Å². The second kappa shape index (κ2) is 6.32. The number of likely N-dealkylation sites (tertiary alicyclic amines) is 1. The van der Waals surface area contributed by atoms with E-state index in [1.807, 2.05) is 12.1 Å². The molecule has 1 aliphatic rings. The van der Waals surface area contributed by atoms with E-state index in [0.29, 0.717) is 31.1 Å². The molecular formula is C17H20N2O3. The third-order valence-corrected chi connectivity index (χ3v) is 4.25. The Kier molecular flexibility index (Phi) is 4.24. The van der Waals surface area contributed by atoms with Gasteiger partial charge in [0, 0.05) is 18.5 Å². The molecule has 5 heteroatoms. The maximum Gasteiger partial charge on any atom is 0.349 e. The Labute approximate surface area is 128 Å². The molecule has 116 valence electrons. The average Bonchev–Trinajstić information content (AvgIpc) is 2.54. The number of benzene rings is 1. The first kappa shape index (κ1) is 14.8. The number of amides is 1. The van der Waals surface area contributed by atoms with Crippen LogP contribution in [0.2, 0.25) is 0 Å². The standard InChI is InChI=1S/C17H20N2O3/c18-8-7-12-4-3-9-19(11-12)16(20)14-10-13-5-1-2-6-15(13)22-17(14)21/h1-2,5-6,10,12H,3-4,7-9,11,18H2. The molecule has 5 nitrogen and oxygen atoms in total. The van der Waals surface area contributed by atoms with Crippen molar-refractivity contribution in [2.45, 2.75) is 19.3 Å². The summed E-state index contributed by atoms with van der Waals surface area (Å²) in [6, 6.07) is 8.85. The lowest BCUT2D eigenvalue weighted by atomic mass is 9.94. The second-order valence-electron chi connectivity index (χ2n) is 5.82. The summed E-state index contributed by atoms with van der Waals surface area (Å²) in [5, 5.41) is 0.765. The summed E-state index contributed by atoms with van der Waals surface area (Å²) in [6.07, 6.45) is 2.96. The summed E-state index contributed by atoms with van der Waals surface area (Å²) < 4.78 is 5.26. The molecule has 0 spiro atoms. The lowest BCUT2D eigenvalue weighted by Crippen LogP contribution is -2.41. The van der Waals surface area contributed by atoms with Gasteiger partial charge in [0.05, 0.1) is 0 Å². The minimum Gasteiger partial charge on any atom is -0.422 e. The molecule has 2 heterocycles. The third-order valence-electron chi connectivity index (χ3n) is 4.25. The predicted octanol–water partition coefficient (Wildman–Crippen LogP) is 1.99. The number of rotatable bonds is 3. The number of fused-ring (bicyclic) bond motifs is 1. The van der Waals surface area contributed by atoms with Crippen LogP contribution in [0.4, 0.5) is 0 Å². The van der Waals surface area contributed by atoms with E-state index in [2.05, 4.69) is 0 Å². The zero-order valence-electron chi connectivity index (χ0n) is 12.5. The lowest BCUT2D eigenvalue weighted by molar-refractivity contribution is 0.0665. The Hall–Kier alpha value is -2.14. The van der Waals surface area contributed by atoms with Crippen molar-refractivity contribution in [2.75, 3.05) is 19.6 Å². The van der Waals surface area contributed by atoms with Crippen LogP contribution in [0.15, 0.2) is 39.5 Å². The van der Waals surface area contributed by atoms with E-state index in [9.17, 15) is 9.59 Å². The lowest BCUT2D eigenvalue weighted by Gasteiger charge is -2.32. The number of hydrogen-bond acceptors (Lipinski definition) is 4. The van der Waals surface area contributed by atoms with Crippen molar-refractivity contribution in [1.29, 1.82) is 0 Å². The van der Waals surface area contributed by atoms with Crippen LogP contribution in [0.3, 0.4) is 0 Å². The zero-order valence-corrected chi connectivity index (χ0v) is 12.5. The van der Waals surface area contributed by atoms with E-state index in [0.717, 1.165) is 24.6 Å². The van der Waals surface area contributed by atoms with Crippen molar-refractivity contribution in [2.24, 2.45) is 11.7 Å². The fraction of sp³-hybridized carbons (Fsp3) is 0.412. The smallest absolute Gasteiger partial charge is 0.349 e. The van der Waals surface area contributed by atoms with Crippen LogP contribution in [0.1, 0.15) is 29.6 Å². The van der Waals surface area contributed by atoms with E-state index in [-0.39, 0.29) is 11.5 Å². The molecule has 1 aromatic heterocycles. The van der Waals surface area contributed by atoms with Gasteiger partial charge in [0.2, 0.25) is 0 Å². The summed E-state index contributed by atoms with van der Waals surface area (Å²) in [5.74, 6) is 0.191. The molecule has 1 unspecified atom stereocenters. The molecule has 1 atom stereocenters. The quantitative estimate of drug-likeness (QED) is 0.880. The van der Waals surface area contributed by atoms with E-state index in [1.54, 1.807) is 23.1 Å². The molecule has 1 aliphatic heterocycles. The van der Waals surface area contributed by atoms with E-state index in [4.69, 9.17) is 10.2 Å². The highest BCUT2D eigenvalue weighted by molar-refractivity contribution is 5.96. The van der Waals surface area contributed by atoms with Crippen LogP contribution in [0.25, 0.3) is 11.0 Å². The molecule has 0 saturated carbocycles. The van der Waals surface area contributed by atoms with Crippen LogP contribution < -0.4 is 11.4 Å². The first-order valence-corrected chi connectivity index (χ1v) is 7.71. The van der Waals surface area contributed by atoms with Gasteiger partial charge in [-0.15, -0.1) is 0 Å². The van der Waals surface area contributed by atoms with Crippen LogP contribution in [-0.2, 0) is 0 Å². The van der Waals surface area contributed by atoms with Gasteiger partial charge in [0.25, 0.3) is 5.91 Å². The van der Waals surface area contributed by atoms with Crippen LogP contribution in [0.5, 0.6) is 0 Å². The fourth-order valence-electron chi connectivity index (χ4n) is 3.10. The van der Waals surface area contributed by atoms with Gasteiger partial charge >= 0.3 is 5.63 Å². The van der Waals surface area contributed by atoms with Gasteiger partial charge in [-0.2, -0.15) is 0 Å². The number of carbonyl (C=O) groups is 1. The molecule has 0 bridgehead atoms. The molecule has 1 fully saturated rings. The SMILES string of the molecule is NCCC1CCCN(C(=O)c2cc3ccccc3oc2=O)C1. The van der Waals surface area contributed by atoms with Gasteiger partial charge in [0.1, 0.15) is 11.1 Å². The molecular weight excluding hydrogens is 280 g/mol. The number of para-hydroxylation sites is 1. The van der Waals surface area contributed by atoms with Crippen molar-refractivity contribution < 1.29 is 9.21 Å². The number of carbonyl (C=O) groups excluding carboxylic acids is 1. The Morgan fingerprint density at radius 1 is 1.36 bits per heavy atom. The van der Waals surface area contributed by atoms with Crippen LogP contribution in [0, 0.1) is 5.92 Å². The van der Waals surface area contributed by atoms with Crippen molar-refractivity contribution >= 4 is 16.9 Å². The Morgan fingerprint density at radius 2 is 2.18 bits per heavy atom. The number of nitrogens with two attached hydrogens (primary N) is 1. The highest BCUT2D eigenvalue weighted by Crippen LogP contribution is 2.21. The maximum absolute atomic E-state index is 12.6. The third kappa shape index (κ3) is 2.90. The van der Waals surface area contributed by atoms with Gasteiger partial charge in [-0.25, -0.2) is 4.79 Å². The van der Waals surface area contributed by atoms with Gasteiger partial charge in [-0.05, 0) is 43.9 Å². The molecule has 1 amide bonds. The van der Waals surface area contributed by atoms with Crippen molar-refractivity contribution in [1.82, 2.24) is 4.90 Å². The number of nitrogens with zero attached hydrogens (tertiary/aromatic N) is 1. The first-order chi connectivity index (χ1) is 10.7. The summed E-state index contributed by atoms with van der Waals surface area (Å²) in [5.41, 5.74) is 5.67. The minimum absolute atomic E-state index is 0.118. The Balaban J connectivity index is 1.88. The zero-order chi connectivity index (χ0) is 15.5. The number of piperidine rings is 1. The van der Waals surface area contributed by atoms with Crippen molar-refractivity contribution in [3.8, 4) is 0 Å². The van der Waals surface area contributed by atoms with Crippen LogP contribution in [-0.4, -0.2) is 30.4 Å². The van der Waals surface area contributed by atoms with Crippen LogP contribution >= 0.6 is 0 Å². The molecule has 1 aromatic carbocycles. The molecule has 22 heavy (non-hydrogen) atoms. The normalized spacial score (nSPS) is 18.6. The average molecular weight is 300 g/mol. The van der Waals surface area contributed by atoms with Gasteiger partial charge in [0.15, 0.2) is 0 Å². The summed E-state index contributed by atoms with van der Waals surface area (Å²) >= 11 is 0. The molecule has 3 rings (SSSR count). The molecule has 1 saturated heterocycles. The predicted molar refractivity (Wildman–Crippen MR) is 84.8 cm³/mol. The van der Waals surface area contributed by atoms with Gasteiger partial charge in [-0.3, -0.25) is 4.79 Å². The highest BCUT2D eigenvalue weighted by Gasteiger charge is 2.26. The molecule has 2 N–H and O–H groups in total. The Morgan fingerprint density at radius 3 is 3.00 bits per heavy atom. The minimum atomic E-state index is -0.565. The first-order valence-electron chi connectivity index (χ1n) is 7.71. The summed E-state index contributed by atoms with van der Waals surface area (Å²) in [6.45, 7) is 1.99. The van der Waals surface area contributed by atoms with Gasteiger partial charge < -0.3 is 15.1 Å². The number of hydrogen-bond donors (Lipinski definition) is 1. The fourth-order valence-corrected chi connectivity index (χ4v) is 3.10. The second-order valence-corrected chi connectivity index (χ2v) is 5.82.